The minimum absolute atomic E-state index is 0.106. The number of carbonyl (C=O) groups is 1. The number of morpholine rings is 1. The average molecular weight is 423 g/mol. The van der Waals surface area contributed by atoms with Gasteiger partial charge >= 0.3 is 0 Å². The molecule has 0 bridgehead atoms. The lowest BCUT2D eigenvalue weighted by molar-refractivity contribution is -0.118. The van der Waals surface area contributed by atoms with Crippen LogP contribution < -0.4 is 15.6 Å². The summed E-state index contributed by atoms with van der Waals surface area (Å²) in [5.74, 6) is -0.428. The molecular formula is C19H16ClFN2O4S. The summed E-state index contributed by atoms with van der Waals surface area (Å²) in [5, 5.41) is 4.24. The highest BCUT2D eigenvalue weighted by molar-refractivity contribution is 7.17. The summed E-state index contributed by atoms with van der Waals surface area (Å²) in [7, 11) is 0. The van der Waals surface area contributed by atoms with E-state index >= 15 is 0 Å². The van der Waals surface area contributed by atoms with Gasteiger partial charge in [0.15, 0.2) is 11.5 Å². The van der Waals surface area contributed by atoms with E-state index in [1.807, 2.05) is 16.3 Å². The van der Waals surface area contributed by atoms with Gasteiger partial charge in [0.25, 0.3) is 11.5 Å². The number of amides is 1. The minimum Gasteiger partial charge on any atom is -0.439 e. The zero-order valence-electron chi connectivity index (χ0n) is 14.6. The van der Waals surface area contributed by atoms with Gasteiger partial charge in [-0.2, -0.15) is 0 Å². The molecule has 0 aliphatic carbocycles. The largest absolute Gasteiger partial charge is 0.439 e. The molecule has 6 nitrogen and oxygen atoms in total. The molecule has 0 radical (unpaired) electrons. The molecule has 146 valence electrons. The number of thiophene rings is 1. The normalized spacial score (nSPS) is 15.6. The Labute approximate surface area is 168 Å². The van der Waals surface area contributed by atoms with Crippen LogP contribution in [0.3, 0.4) is 0 Å². The fourth-order valence-electron chi connectivity index (χ4n) is 3.03. The molecule has 0 spiro atoms. The predicted molar refractivity (Wildman–Crippen MR) is 108 cm³/mol. The van der Waals surface area contributed by atoms with Gasteiger partial charge < -0.3 is 19.4 Å². The highest BCUT2D eigenvalue weighted by Gasteiger charge is 2.19. The second-order valence-corrected chi connectivity index (χ2v) is 7.49. The molecule has 3 aromatic rings. The molecule has 1 aliphatic rings. The number of hydrogen-bond acceptors (Lipinski definition) is 6. The van der Waals surface area contributed by atoms with Crippen LogP contribution in [0, 0.1) is 0 Å². The Hall–Kier alpha value is -2.42. The summed E-state index contributed by atoms with van der Waals surface area (Å²) in [6, 6.07) is 8.36. The lowest BCUT2D eigenvalue weighted by Gasteiger charge is -2.27. The fourth-order valence-corrected chi connectivity index (χ4v) is 4.00. The van der Waals surface area contributed by atoms with Gasteiger partial charge in [-0.3, -0.25) is 9.59 Å². The van der Waals surface area contributed by atoms with Gasteiger partial charge in [-0.15, -0.1) is 11.3 Å². The second kappa shape index (κ2) is 7.90. The van der Waals surface area contributed by atoms with E-state index < -0.39 is 11.5 Å². The Morgan fingerprint density at radius 2 is 2.07 bits per heavy atom. The molecule has 28 heavy (non-hydrogen) atoms. The number of carbonyl (C=O) groups excluding carboxylic acids is 1. The molecule has 2 aromatic heterocycles. The highest BCUT2D eigenvalue weighted by Crippen LogP contribution is 2.35. The molecule has 1 amide bonds. The molecular weight excluding hydrogens is 407 g/mol. The van der Waals surface area contributed by atoms with Gasteiger partial charge in [-0.1, -0.05) is 23.7 Å². The van der Waals surface area contributed by atoms with E-state index in [0.717, 1.165) is 11.1 Å². The third-order valence-electron chi connectivity index (χ3n) is 4.39. The third-order valence-corrected chi connectivity index (χ3v) is 5.57. The SMILES string of the molecule is O=C(Nc1cccc(-c2csc3c(=O)cc(N4CCOCC4)oc23)c1)C(F)Cl. The molecule has 1 N–H and O–H groups in total. The number of nitrogens with one attached hydrogen (secondary N) is 1. The summed E-state index contributed by atoms with van der Waals surface area (Å²) in [6.07, 6.45) is 0. The third kappa shape index (κ3) is 3.76. The summed E-state index contributed by atoms with van der Waals surface area (Å²) in [5.41, 5.74) is 0.118. The Balaban J connectivity index is 1.74. The topological polar surface area (TPSA) is 71.8 Å². The molecule has 0 saturated carbocycles. The smallest absolute Gasteiger partial charge is 0.274 e. The molecule has 1 aliphatic heterocycles. The number of benzene rings is 1. The van der Waals surface area contributed by atoms with Crippen LogP contribution in [0.4, 0.5) is 16.0 Å². The number of fused-ring (bicyclic) bond motifs is 1. The Kier molecular flexibility index (Phi) is 5.34. The van der Waals surface area contributed by atoms with Crippen LogP contribution in [0.5, 0.6) is 0 Å². The lowest BCUT2D eigenvalue weighted by atomic mass is 10.1. The number of hydrogen-bond donors (Lipinski definition) is 1. The van der Waals surface area contributed by atoms with E-state index in [1.165, 1.54) is 17.4 Å². The van der Waals surface area contributed by atoms with Gasteiger partial charge in [0.05, 0.1) is 13.2 Å². The fraction of sp³-hybridized carbons (Fsp3) is 0.263. The van der Waals surface area contributed by atoms with Crippen molar-refractivity contribution in [3.63, 3.8) is 0 Å². The van der Waals surface area contributed by atoms with Crippen molar-refractivity contribution in [2.75, 3.05) is 36.5 Å². The van der Waals surface area contributed by atoms with Crippen molar-refractivity contribution in [2.24, 2.45) is 0 Å². The maximum Gasteiger partial charge on any atom is 0.274 e. The Morgan fingerprint density at radius 3 is 2.82 bits per heavy atom. The van der Waals surface area contributed by atoms with Crippen LogP contribution in [0.15, 0.2) is 44.9 Å². The first-order chi connectivity index (χ1) is 13.5. The van der Waals surface area contributed by atoms with Gasteiger partial charge in [0.2, 0.25) is 5.43 Å². The maximum atomic E-state index is 12.9. The predicted octanol–water partition coefficient (Wildman–Crippen LogP) is 3.83. The van der Waals surface area contributed by atoms with E-state index in [1.54, 1.807) is 18.2 Å². The van der Waals surface area contributed by atoms with Gasteiger partial charge in [-0.05, 0) is 17.7 Å². The number of rotatable bonds is 4. The summed E-state index contributed by atoms with van der Waals surface area (Å²) in [4.78, 5) is 26.0. The number of ether oxygens (including phenoxy) is 1. The van der Waals surface area contributed by atoms with Gasteiger partial charge in [-0.25, -0.2) is 4.39 Å². The molecule has 4 rings (SSSR count). The van der Waals surface area contributed by atoms with Crippen molar-refractivity contribution in [1.82, 2.24) is 0 Å². The number of halogens is 2. The first-order valence-electron chi connectivity index (χ1n) is 8.60. The molecule has 1 saturated heterocycles. The molecule has 3 heterocycles. The number of anilines is 2. The van der Waals surface area contributed by atoms with Gasteiger partial charge in [0.1, 0.15) is 4.70 Å². The van der Waals surface area contributed by atoms with Gasteiger partial charge in [0, 0.05) is 35.8 Å². The van der Waals surface area contributed by atoms with E-state index in [0.29, 0.717) is 48.2 Å². The van der Waals surface area contributed by atoms with E-state index in [-0.39, 0.29) is 5.43 Å². The molecule has 1 fully saturated rings. The van der Waals surface area contributed by atoms with E-state index in [9.17, 15) is 14.0 Å². The standard InChI is InChI=1S/C19H16ClFN2O4S/c20-18(21)19(25)22-12-3-1-2-11(8-12)13-10-28-17-14(24)9-15(27-16(13)17)23-4-6-26-7-5-23/h1-3,8-10,18H,4-7H2,(H,22,25). The number of alkyl halides is 2. The minimum atomic E-state index is -2.13. The van der Waals surface area contributed by atoms with E-state index in [2.05, 4.69) is 5.32 Å². The zero-order chi connectivity index (χ0) is 19.7. The Bertz CT molecular complexity index is 1080. The molecule has 9 heteroatoms. The first kappa shape index (κ1) is 18.9. The lowest BCUT2D eigenvalue weighted by Crippen LogP contribution is -2.36. The monoisotopic (exact) mass is 422 g/mol. The highest BCUT2D eigenvalue weighted by atomic mass is 35.5. The summed E-state index contributed by atoms with van der Waals surface area (Å²) in [6.45, 7) is 2.46. The van der Waals surface area contributed by atoms with E-state index in [4.69, 9.17) is 20.8 Å². The van der Waals surface area contributed by atoms with Crippen LogP contribution in [-0.2, 0) is 9.53 Å². The second-order valence-electron chi connectivity index (χ2n) is 6.23. The van der Waals surface area contributed by atoms with Crippen LogP contribution >= 0.6 is 22.9 Å². The summed E-state index contributed by atoms with van der Waals surface area (Å²) >= 11 is 6.46. The van der Waals surface area contributed by atoms with Crippen molar-refractivity contribution in [2.45, 2.75) is 5.63 Å². The maximum absolute atomic E-state index is 12.9. The van der Waals surface area contributed by atoms with Crippen molar-refractivity contribution < 1.29 is 18.3 Å². The zero-order valence-corrected chi connectivity index (χ0v) is 16.2. The Morgan fingerprint density at radius 1 is 1.29 bits per heavy atom. The quantitative estimate of drug-likeness (QED) is 0.647. The van der Waals surface area contributed by atoms with Crippen LogP contribution in [0.1, 0.15) is 0 Å². The van der Waals surface area contributed by atoms with Crippen molar-refractivity contribution in [3.05, 3.63) is 45.9 Å². The van der Waals surface area contributed by atoms with Crippen molar-refractivity contribution >= 4 is 50.7 Å². The molecule has 1 atom stereocenters. The van der Waals surface area contributed by atoms with Crippen molar-refractivity contribution in [1.29, 1.82) is 0 Å². The van der Waals surface area contributed by atoms with Crippen LogP contribution in [0.25, 0.3) is 21.4 Å². The average Bonchev–Trinajstić information content (AvgIpc) is 3.13. The number of nitrogens with zero attached hydrogens (tertiary/aromatic N) is 1. The molecule has 1 unspecified atom stereocenters. The first-order valence-corrected chi connectivity index (χ1v) is 9.92. The van der Waals surface area contributed by atoms with Crippen molar-refractivity contribution in [3.8, 4) is 11.1 Å². The molecule has 1 aromatic carbocycles. The summed E-state index contributed by atoms with van der Waals surface area (Å²) < 4.78 is 24.9. The van der Waals surface area contributed by atoms with Crippen LogP contribution in [0.2, 0.25) is 0 Å². The van der Waals surface area contributed by atoms with Crippen LogP contribution in [-0.4, -0.2) is 37.8 Å².